The third-order valence-electron chi connectivity index (χ3n) is 3.73. The van der Waals surface area contributed by atoms with Gasteiger partial charge in [0.05, 0.1) is 5.02 Å². The fourth-order valence-electron chi connectivity index (χ4n) is 2.57. The number of phenolic OH excluding ortho intramolecular Hbond substituents is 1. The molecule has 0 unspecified atom stereocenters. The van der Waals surface area contributed by atoms with Gasteiger partial charge in [-0.05, 0) is 38.1 Å². The Balaban J connectivity index is 1.75. The lowest BCUT2D eigenvalue weighted by atomic mass is 10.2. The van der Waals surface area contributed by atoms with Gasteiger partial charge in [0.1, 0.15) is 5.75 Å². The van der Waals surface area contributed by atoms with E-state index in [0.717, 1.165) is 18.7 Å². The molecule has 1 heterocycles. The molecule has 112 valence electrons. The molecule has 1 aliphatic rings. The number of hydrogen-bond donors (Lipinski definition) is 2. The average molecular weight is 317 g/mol. The lowest BCUT2D eigenvalue weighted by Gasteiger charge is -2.19. The van der Waals surface area contributed by atoms with Crippen LogP contribution in [0.15, 0.2) is 12.1 Å². The fraction of sp³-hybridized carbons (Fsp3) is 0.600. The second-order valence-electron chi connectivity index (χ2n) is 5.33. The van der Waals surface area contributed by atoms with E-state index in [-0.39, 0.29) is 5.75 Å². The summed E-state index contributed by atoms with van der Waals surface area (Å²) in [7, 11) is 0. The standard InChI is InChI=1S/C15H22Cl2N2O/c16-13-9-12(15(20)14(17)10-13)11-18-5-8-19-6-3-1-2-4-7-19/h9-10,18,20H,1-8,11H2. The minimum atomic E-state index is 0.123. The van der Waals surface area contributed by atoms with E-state index in [1.54, 1.807) is 12.1 Å². The number of aromatic hydroxyl groups is 1. The first-order valence-electron chi connectivity index (χ1n) is 7.27. The summed E-state index contributed by atoms with van der Waals surface area (Å²) in [6.07, 6.45) is 5.34. The fourth-order valence-corrected chi connectivity index (χ4v) is 3.11. The van der Waals surface area contributed by atoms with Crippen LogP contribution < -0.4 is 5.32 Å². The molecule has 20 heavy (non-hydrogen) atoms. The van der Waals surface area contributed by atoms with Gasteiger partial charge in [-0.2, -0.15) is 0 Å². The van der Waals surface area contributed by atoms with Crippen molar-refractivity contribution in [3.05, 3.63) is 27.7 Å². The van der Waals surface area contributed by atoms with Gasteiger partial charge in [0, 0.05) is 30.2 Å². The molecule has 1 fully saturated rings. The number of nitrogens with one attached hydrogen (secondary N) is 1. The average Bonchev–Trinajstić information content (AvgIpc) is 2.68. The molecule has 0 atom stereocenters. The van der Waals surface area contributed by atoms with Crippen LogP contribution in [0.1, 0.15) is 31.2 Å². The predicted molar refractivity (Wildman–Crippen MR) is 84.7 cm³/mol. The number of likely N-dealkylation sites (tertiary alicyclic amines) is 1. The zero-order valence-corrected chi connectivity index (χ0v) is 13.2. The summed E-state index contributed by atoms with van der Waals surface area (Å²) in [5, 5.41) is 14.1. The highest BCUT2D eigenvalue weighted by atomic mass is 35.5. The number of halogens is 2. The van der Waals surface area contributed by atoms with E-state index in [9.17, 15) is 5.11 Å². The van der Waals surface area contributed by atoms with Crippen LogP contribution in [0.4, 0.5) is 0 Å². The maximum Gasteiger partial charge on any atom is 0.138 e. The van der Waals surface area contributed by atoms with Crippen molar-refractivity contribution in [2.45, 2.75) is 32.2 Å². The Kier molecular flexibility index (Phi) is 6.43. The summed E-state index contributed by atoms with van der Waals surface area (Å²) in [5.74, 6) is 0.123. The first-order valence-corrected chi connectivity index (χ1v) is 8.02. The molecule has 0 radical (unpaired) electrons. The monoisotopic (exact) mass is 316 g/mol. The Hall–Kier alpha value is -0.480. The van der Waals surface area contributed by atoms with Crippen LogP contribution in [0.5, 0.6) is 5.75 Å². The van der Waals surface area contributed by atoms with E-state index in [1.165, 1.54) is 38.8 Å². The molecular weight excluding hydrogens is 295 g/mol. The second kappa shape index (κ2) is 8.08. The zero-order valence-electron chi connectivity index (χ0n) is 11.7. The SMILES string of the molecule is Oc1c(Cl)cc(Cl)cc1CNCCN1CCCCCC1. The van der Waals surface area contributed by atoms with Crippen molar-refractivity contribution in [2.75, 3.05) is 26.2 Å². The third kappa shape index (κ3) is 4.81. The Bertz CT molecular complexity index is 432. The van der Waals surface area contributed by atoms with Crippen LogP contribution in [0.25, 0.3) is 0 Å². The van der Waals surface area contributed by atoms with Crippen molar-refractivity contribution >= 4 is 23.2 Å². The Morgan fingerprint density at radius 1 is 1.10 bits per heavy atom. The highest BCUT2D eigenvalue weighted by Crippen LogP contribution is 2.30. The van der Waals surface area contributed by atoms with Gasteiger partial charge in [0.25, 0.3) is 0 Å². The minimum absolute atomic E-state index is 0.123. The summed E-state index contributed by atoms with van der Waals surface area (Å²) in [6.45, 7) is 4.95. The number of phenols is 1. The summed E-state index contributed by atoms with van der Waals surface area (Å²) < 4.78 is 0. The largest absolute Gasteiger partial charge is 0.506 e. The van der Waals surface area contributed by atoms with Crippen LogP contribution >= 0.6 is 23.2 Å². The molecule has 0 bridgehead atoms. The van der Waals surface area contributed by atoms with Crippen molar-refractivity contribution in [3.63, 3.8) is 0 Å². The van der Waals surface area contributed by atoms with E-state index in [1.807, 2.05) is 0 Å². The molecule has 1 aliphatic heterocycles. The van der Waals surface area contributed by atoms with Gasteiger partial charge in [-0.1, -0.05) is 36.0 Å². The lowest BCUT2D eigenvalue weighted by Crippen LogP contribution is -2.32. The maximum atomic E-state index is 9.87. The normalized spacial score (nSPS) is 17.1. The van der Waals surface area contributed by atoms with Gasteiger partial charge in [0.15, 0.2) is 0 Å². The van der Waals surface area contributed by atoms with Crippen molar-refractivity contribution in [1.82, 2.24) is 10.2 Å². The first-order chi connectivity index (χ1) is 9.66. The number of rotatable bonds is 5. The van der Waals surface area contributed by atoms with Crippen molar-refractivity contribution in [1.29, 1.82) is 0 Å². The number of hydrogen-bond acceptors (Lipinski definition) is 3. The zero-order chi connectivity index (χ0) is 14.4. The Labute approximate surface area is 130 Å². The molecule has 1 aromatic rings. The summed E-state index contributed by atoms with van der Waals surface area (Å²) in [4.78, 5) is 2.50. The molecule has 0 amide bonds. The summed E-state index contributed by atoms with van der Waals surface area (Å²) in [6, 6.07) is 3.31. The molecule has 0 saturated carbocycles. The van der Waals surface area contributed by atoms with Gasteiger partial charge in [-0.15, -0.1) is 0 Å². The van der Waals surface area contributed by atoms with Crippen LogP contribution in [0.3, 0.4) is 0 Å². The third-order valence-corrected chi connectivity index (χ3v) is 4.23. The predicted octanol–water partition coefficient (Wildman–Crippen LogP) is 3.66. The molecule has 2 N–H and O–H groups in total. The summed E-state index contributed by atoms with van der Waals surface area (Å²) >= 11 is 11.8. The minimum Gasteiger partial charge on any atom is -0.506 e. The van der Waals surface area contributed by atoms with Crippen LogP contribution in [0.2, 0.25) is 10.0 Å². The summed E-state index contributed by atoms with van der Waals surface area (Å²) in [5.41, 5.74) is 0.748. The molecule has 1 saturated heterocycles. The highest BCUT2D eigenvalue weighted by Gasteiger charge is 2.09. The lowest BCUT2D eigenvalue weighted by molar-refractivity contribution is 0.284. The van der Waals surface area contributed by atoms with Crippen LogP contribution in [-0.2, 0) is 6.54 Å². The topological polar surface area (TPSA) is 35.5 Å². The van der Waals surface area contributed by atoms with Crippen molar-refractivity contribution in [3.8, 4) is 5.75 Å². The van der Waals surface area contributed by atoms with Crippen molar-refractivity contribution < 1.29 is 5.11 Å². The molecule has 0 aromatic heterocycles. The molecule has 0 aliphatic carbocycles. The van der Waals surface area contributed by atoms with Gasteiger partial charge in [-0.25, -0.2) is 0 Å². The van der Waals surface area contributed by atoms with Gasteiger partial charge in [-0.3, -0.25) is 0 Å². The van der Waals surface area contributed by atoms with E-state index in [4.69, 9.17) is 23.2 Å². The molecule has 3 nitrogen and oxygen atoms in total. The van der Waals surface area contributed by atoms with E-state index < -0.39 is 0 Å². The van der Waals surface area contributed by atoms with E-state index in [0.29, 0.717) is 16.6 Å². The second-order valence-corrected chi connectivity index (χ2v) is 6.17. The Morgan fingerprint density at radius 2 is 1.80 bits per heavy atom. The molecular formula is C15H22Cl2N2O. The van der Waals surface area contributed by atoms with E-state index >= 15 is 0 Å². The smallest absolute Gasteiger partial charge is 0.138 e. The molecule has 5 heteroatoms. The van der Waals surface area contributed by atoms with Crippen LogP contribution in [0, 0.1) is 0 Å². The highest BCUT2D eigenvalue weighted by molar-refractivity contribution is 6.35. The quantitative estimate of drug-likeness (QED) is 0.814. The van der Waals surface area contributed by atoms with E-state index in [2.05, 4.69) is 10.2 Å². The molecule has 1 aromatic carbocycles. The van der Waals surface area contributed by atoms with Crippen molar-refractivity contribution in [2.24, 2.45) is 0 Å². The maximum absolute atomic E-state index is 9.87. The molecule has 2 rings (SSSR count). The van der Waals surface area contributed by atoms with Crippen LogP contribution in [-0.4, -0.2) is 36.2 Å². The Morgan fingerprint density at radius 3 is 2.50 bits per heavy atom. The first kappa shape index (κ1) is 15.9. The van der Waals surface area contributed by atoms with Gasteiger partial charge < -0.3 is 15.3 Å². The van der Waals surface area contributed by atoms with Gasteiger partial charge >= 0.3 is 0 Å². The van der Waals surface area contributed by atoms with Gasteiger partial charge in [0.2, 0.25) is 0 Å². The molecule has 0 spiro atoms. The number of nitrogens with zero attached hydrogens (tertiary/aromatic N) is 1. The number of benzene rings is 1.